The maximum Gasteiger partial charge on any atom is 0.342 e. The van der Waals surface area contributed by atoms with Gasteiger partial charge in [-0.25, -0.2) is 18.4 Å². The number of hydrogen-bond donors (Lipinski definition) is 2. The molecule has 4 aromatic carbocycles. The van der Waals surface area contributed by atoms with Gasteiger partial charge in [-0.15, -0.1) is 0 Å². The summed E-state index contributed by atoms with van der Waals surface area (Å²) in [5.74, 6) is -0.918. The van der Waals surface area contributed by atoms with Crippen LogP contribution in [0.15, 0.2) is 107 Å². The van der Waals surface area contributed by atoms with Crippen LogP contribution in [-0.2, 0) is 9.47 Å². The van der Waals surface area contributed by atoms with E-state index in [1.165, 1.54) is 45.9 Å². The molecule has 54 heavy (non-hydrogen) atoms. The molecule has 0 spiro atoms. The fourth-order valence-corrected chi connectivity index (χ4v) is 8.68. The second-order valence-corrected chi connectivity index (χ2v) is 13.7. The van der Waals surface area contributed by atoms with Gasteiger partial charge < -0.3 is 30.4 Å². The van der Waals surface area contributed by atoms with Gasteiger partial charge in [-0.1, -0.05) is 24.3 Å². The SMILES string of the molecule is CCOC(=O)c1c(-c2ccc(F)cc2)c(SSc2c(-c3ccc(F)cc3)c(C(=O)OCC)c(N)n2-c2ccc(OC)cc2)n(-c2ccc(OC)cc2)c1N. The second kappa shape index (κ2) is 16.4. The van der Waals surface area contributed by atoms with Crippen LogP contribution in [0, 0.1) is 11.6 Å². The maximum absolute atomic E-state index is 14.3. The summed E-state index contributed by atoms with van der Waals surface area (Å²) in [7, 11) is 5.53. The number of methoxy groups -OCH3 is 2. The second-order valence-electron chi connectivity index (χ2n) is 11.6. The topological polar surface area (TPSA) is 133 Å². The third kappa shape index (κ3) is 7.34. The Hall–Kier alpha value is -5.86. The molecule has 6 rings (SSSR count). The molecule has 0 saturated carbocycles. The number of carbonyl (C=O) groups excluding carboxylic acids is 2. The van der Waals surface area contributed by atoms with Crippen LogP contribution in [0.25, 0.3) is 33.6 Å². The van der Waals surface area contributed by atoms with E-state index < -0.39 is 23.6 Å². The minimum atomic E-state index is -0.670. The fraction of sp³-hybridized carbons (Fsp3) is 0.150. The largest absolute Gasteiger partial charge is 0.497 e. The molecule has 0 aliphatic heterocycles. The summed E-state index contributed by atoms with van der Waals surface area (Å²) in [5.41, 5.74) is 16.8. The van der Waals surface area contributed by atoms with Crippen LogP contribution in [0.4, 0.5) is 20.4 Å². The lowest BCUT2D eigenvalue weighted by molar-refractivity contribution is 0.0518. The molecule has 2 aromatic heterocycles. The van der Waals surface area contributed by atoms with E-state index in [1.54, 1.807) is 110 Å². The van der Waals surface area contributed by atoms with E-state index in [4.69, 9.17) is 30.4 Å². The monoisotopic (exact) mass is 770 g/mol. The summed E-state index contributed by atoms with van der Waals surface area (Å²) >= 11 is 0. The van der Waals surface area contributed by atoms with Gasteiger partial charge in [0.2, 0.25) is 0 Å². The molecule has 0 fully saturated rings. The molecule has 0 amide bonds. The Bertz CT molecular complexity index is 2130. The molecule has 0 bridgehead atoms. The Morgan fingerprint density at radius 2 is 0.907 bits per heavy atom. The molecule has 0 atom stereocenters. The summed E-state index contributed by atoms with van der Waals surface area (Å²) in [5, 5.41) is 0.947. The van der Waals surface area contributed by atoms with E-state index in [0.29, 0.717) is 55.2 Å². The van der Waals surface area contributed by atoms with Gasteiger partial charge in [0.1, 0.15) is 55.9 Å². The Balaban J connectivity index is 1.65. The predicted molar refractivity (Wildman–Crippen MR) is 208 cm³/mol. The maximum atomic E-state index is 14.3. The third-order valence-corrected chi connectivity index (χ3v) is 10.8. The Kier molecular flexibility index (Phi) is 11.5. The molecule has 2 heterocycles. The van der Waals surface area contributed by atoms with E-state index in [9.17, 15) is 18.4 Å². The normalized spacial score (nSPS) is 11.0. The van der Waals surface area contributed by atoms with Crippen molar-refractivity contribution in [1.29, 1.82) is 0 Å². The summed E-state index contributed by atoms with van der Waals surface area (Å²) in [4.78, 5) is 27.4. The zero-order valence-corrected chi connectivity index (χ0v) is 31.4. The first-order valence-electron chi connectivity index (χ1n) is 16.7. The number of anilines is 2. The van der Waals surface area contributed by atoms with Gasteiger partial charge in [0.05, 0.1) is 27.4 Å². The molecule has 0 radical (unpaired) electrons. The molecular formula is C40H36F2N4O6S2. The summed E-state index contributed by atoms with van der Waals surface area (Å²) in [6, 6.07) is 25.6. The smallest absolute Gasteiger partial charge is 0.342 e. The lowest BCUT2D eigenvalue weighted by atomic mass is 10.0. The van der Waals surface area contributed by atoms with Crippen LogP contribution < -0.4 is 20.9 Å². The quantitative estimate of drug-likeness (QED) is 0.0865. The van der Waals surface area contributed by atoms with Crippen LogP contribution in [-0.4, -0.2) is 48.5 Å². The highest BCUT2D eigenvalue weighted by Gasteiger charge is 2.33. The summed E-state index contributed by atoms with van der Waals surface area (Å²) in [6.07, 6.45) is 0. The summed E-state index contributed by atoms with van der Waals surface area (Å²) in [6.45, 7) is 3.54. The van der Waals surface area contributed by atoms with Crippen LogP contribution in [0.3, 0.4) is 0 Å². The molecule has 14 heteroatoms. The standard InChI is InChI=1S/C40H36F2N4O6S2/c1-5-51-39(47)33-31(23-7-11-25(41)12-8-23)37(45(35(33)43)27-15-19-29(49-3)20-16-27)53-54-38-32(24-9-13-26(42)14-10-24)34(40(48)52-6-2)36(44)46(38)28-17-21-30(50-4)22-18-28/h7-22H,5-6,43-44H2,1-4H3. The highest BCUT2D eigenvalue weighted by atomic mass is 33.1. The molecule has 278 valence electrons. The van der Waals surface area contributed by atoms with Crippen LogP contribution >= 0.6 is 21.6 Å². The number of esters is 2. The van der Waals surface area contributed by atoms with Crippen molar-refractivity contribution in [2.45, 2.75) is 23.9 Å². The van der Waals surface area contributed by atoms with Gasteiger partial charge in [-0.2, -0.15) is 0 Å². The average molecular weight is 771 g/mol. The van der Waals surface area contributed by atoms with Crippen LogP contribution in [0.2, 0.25) is 0 Å². The first-order chi connectivity index (χ1) is 26.1. The zero-order valence-electron chi connectivity index (χ0n) is 29.7. The van der Waals surface area contributed by atoms with Gasteiger partial charge in [-0.3, -0.25) is 9.13 Å². The molecule has 4 N–H and O–H groups in total. The predicted octanol–water partition coefficient (Wildman–Crippen LogP) is 9.21. The molecular weight excluding hydrogens is 735 g/mol. The zero-order chi connectivity index (χ0) is 38.5. The number of rotatable bonds is 13. The van der Waals surface area contributed by atoms with Crippen molar-refractivity contribution in [1.82, 2.24) is 9.13 Å². The minimum Gasteiger partial charge on any atom is -0.497 e. The molecule has 6 aromatic rings. The van der Waals surface area contributed by atoms with Gasteiger partial charge in [-0.05, 0) is 119 Å². The van der Waals surface area contributed by atoms with Crippen molar-refractivity contribution >= 4 is 45.2 Å². The molecule has 10 nitrogen and oxygen atoms in total. The van der Waals surface area contributed by atoms with Crippen molar-refractivity contribution in [2.24, 2.45) is 0 Å². The van der Waals surface area contributed by atoms with E-state index in [-0.39, 0.29) is 36.0 Å². The minimum absolute atomic E-state index is 0.0806. The van der Waals surface area contributed by atoms with Gasteiger partial charge in [0.25, 0.3) is 0 Å². The highest BCUT2D eigenvalue weighted by molar-refractivity contribution is 8.76. The molecule has 0 aliphatic rings. The molecule has 0 aliphatic carbocycles. The Morgan fingerprint density at radius 1 is 0.574 bits per heavy atom. The van der Waals surface area contributed by atoms with Gasteiger partial charge in [0.15, 0.2) is 0 Å². The Labute approximate surface area is 318 Å². The molecule has 0 unspecified atom stereocenters. The number of aromatic nitrogens is 2. The highest BCUT2D eigenvalue weighted by Crippen LogP contribution is 2.53. The van der Waals surface area contributed by atoms with E-state index in [0.717, 1.165) is 0 Å². The van der Waals surface area contributed by atoms with E-state index >= 15 is 0 Å². The van der Waals surface area contributed by atoms with Gasteiger partial charge >= 0.3 is 11.9 Å². The summed E-state index contributed by atoms with van der Waals surface area (Å²) < 4.78 is 53.8. The number of ether oxygens (including phenoxy) is 4. The van der Waals surface area contributed by atoms with Crippen LogP contribution in [0.1, 0.15) is 34.6 Å². The number of nitrogen functional groups attached to an aromatic ring is 2. The van der Waals surface area contributed by atoms with Crippen molar-refractivity contribution in [3.63, 3.8) is 0 Å². The fourth-order valence-electron chi connectivity index (χ4n) is 5.94. The molecule has 0 saturated heterocycles. The number of halogens is 2. The lowest BCUT2D eigenvalue weighted by Crippen LogP contribution is -2.09. The van der Waals surface area contributed by atoms with E-state index in [2.05, 4.69) is 0 Å². The van der Waals surface area contributed by atoms with Crippen molar-refractivity contribution in [2.75, 3.05) is 38.9 Å². The third-order valence-electron chi connectivity index (χ3n) is 8.41. The first-order valence-corrected chi connectivity index (χ1v) is 18.8. The van der Waals surface area contributed by atoms with Crippen molar-refractivity contribution in [3.8, 4) is 45.1 Å². The first kappa shape index (κ1) is 37.9. The van der Waals surface area contributed by atoms with E-state index in [1.807, 2.05) is 0 Å². The number of carbonyl (C=O) groups is 2. The van der Waals surface area contributed by atoms with Crippen LogP contribution in [0.5, 0.6) is 11.5 Å². The number of nitrogens with zero attached hydrogens (tertiary/aromatic N) is 2. The van der Waals surface area contributed by atoms with Crippen molar-refractivity contribution < 1.29 is 37.3 Å². The number of benzene rings is 4. The number of nitrogens with two attached hydrogens (primary N) is 2. The van der Waals surface area contributed by atoms with Gasteiger partial charge in [0, 0.05) is 22.5 Å². The average Bonchev–Trinajstić information content (AvgIpc) is 3.64. The van der Waals surface area contributed by atoms with Crippen molar-refractivity contribution in [3.05, 3.63) is 120 Å². The Morgan fingerprint density at radius 3 is 1.20 bits per heavy atom. The number of hydrogen-bond acceptors (Lipinski definition) is 10. The lowest BCUT2D eigenvalue weighted by Gasteiger charge is -2.15.